The minimum atomic E-state index is -1.26. The van der Waals surface area contributed by atoms with Gasteiger partial charge < -0.3 is 20.1 Å². The molecule has 0 saturated carbocycles. The number of aliphatic hydroxyl groups is 3. The fraction of sp³-hybridized carbons (Fsp3) is 1.00. The molecule has 0 amide bonds. The van der Waals surface area contributed by atoms with Gasteiger partial charge in [-0.1, -0.05) is 21.0 Å². The lowest BCUT2D eigenvalue weighted by molar-refractivity contribution is -0.164. The van der Waals surface area contributed by atoms with E-state index in [2.05, 4.69) is 26.0 Å². The first-order valence-electron chi connectivity index (χ1n) is 3.92. The van der Waals surface area contributed by atoms with Gasteiger partial charge in [0.2, 0.25) is 0 Å². The lowest BCUT2D eigenvalue weighted by atomic mass is 9.99. The van der Waals surface area contributed by atoms with Gasteiger partial charge in [-0.15, -0.1) is 0 Å². The zero-order chi connectivity index (χ0) is 10.7. The van der Waals surface area contributed by atoms with Crippen molar-refractivity contribution < 1.29 is 20.1 Å². The van der Waals surface area contributed by atoms with E-state index < -0.39 is 36.0 Å². The highest BCUT2D eigenvalue weighted by Gasteiger charge is 2.42. The third kappa shape index (κ3) is 2.17. The Bertz CT molecular complexity index is 247. The molecule has 0 radical (unpaired) electrons. The molecule has 1 aliphatic heterocycles. The monoisotopic (exact) mass is 267 g/mol. The Labute approximate surface area is 88.1 Å². The molecule has 1 saturated heterocycles. The summed E-state index contributed by atoms with van der Waals surface area (Å²) in [4.78, 5) is 2.53. The predicted octanol–water partition coefficient (Wildman–Crippen LogP) is -0.501. The molecule has 7 nitrogen and oxygen atoms in total. The smallest absolute Gasteiger partial charge is 0.124 e. The van der Waals surface area contributed by atoms with Crippen LogP contribution in [0.5, 0.6) is 0 Å². The molecule has 1 fully saturated rings. The molecule has 0 bridgehead atoms. The second kappa shape index (κ2) is 4.92. The first-order valence-corrected chi connectivity index (χ1v) is 4.84. The molecule has 0 aromatic rings. The van der Waals surface area contributed by atoms with Crippen molar-refractivity contribution >= 4 is 15.9 Å². The van der Waals surface area contributed by atoms with Crippen LogP contribution in [0, 0.1) is 0 Å². The summed E-state index contributed by atoms with van der Waals surface area (Å²) in [6, 6.07) is -0.905. The van der Waals surface area contributed by atoms with E-state index in [1.807, 2.05) is 0 Å². The molecule has 14 heavy (non-hydrogen) atoms. The van der Waals surface area contributed by atoms with Crippen LogP contribution in [0.15, 0.2) is 5.11 Å². The predicted molar refractivity (Wildman–Crippen MR) is 49.6 cm³/mol. The van der Waals surface area contributed by atoms with Crippen molar-refractivity contribution in [3.05, 3.63) is 10.4 Å². The second-order valence-electron chi connectivity index (χ2n) is 2.88. The summed E-state index contributed by atoms with van der Waals surface area (Å²) >= 11 is 3.04. The third-order valence-corrected chi connectivity index (χ3v) is 2.78. The fourth-order valence-corrected chi connectivity index (χ4v) is 1.93. The maximum absolute atomic E-state index is 9.50. The molecular formula is C6H10BrN3O4. The van der Waals surface area contributed by atoms with Gasteiger partial charge in [-0.05, 0) is 5.53 Å². The van der Waals surface area contributed by atoms with Crippen molar-refractivity contribution in [2.24, 2.45) is 5.11 Å². The Balaban J connectivity index is 2.78. The number of hydrogen-bond acceptors (Lipinski definition) is 5. The third-order valence-electron chi connectivity index (χ3n) is 2.02. The minimum Gasteiger partial charge on any atom is -0.394 e. The molecule has 1 aliphatic rings. The standard InChI is InChI=1S/C6H10BrN3O4/c7-6-3(9-10-8)5(13)4(12)2(1-11)14-6/h2-6,11-13H,1H2/t2-,3-,4-,5-,6?/m1/s1. The van der Waals surface area contributed by atoms with Gasteiger partial charge in [0.25, 0.3) is 0 Å². The van der Waals surface area contributed by atoms with Crippen molar-refractivity contribution in [2.75, 3.05) is 6.61 Å². The summed E-state index contributed by atoms with van der Waals surface area (Å²) < 4.78 is 5.08. The SMILES string of the molecule is [N-]=[N+]=N[C@H]1C(Br)O[C@H](CO)[C@@H](O)[C@@H]1O. The molecule has 0 aromatic carbocycles. The van der Waals surface area contributed by atoms with Crippen LogP contribution in [-0.4, -0.2) is 51.3 Å². The van der Waals surface area contributed by atoms with E-state index in [1.54, 1.807) is 0 Å². The van der Waals surface area contributed by atoms with E-state index >= 15 is 0 Å². The van der Waals surface area contributed by atoms with Gasteiger partial charge in [0.05, 0.1) is 12.7 Å². The van der Waals surface area contributed by atoms with Gasteiger partial charge in [0.15, 0.2) is 0 Å². The molecule has 1 heterocycles. The number of ether oxygens (including phenoxy) is 1. The Morgan fingerprint density at radius 3 is 2.57 bits per heavy atom. The van der Waals surface area contributed by atoms with E-state index in [1.165, 1.54) is 0 Å². The highest BCUT2D eigenvalue weighted by Crippen LogP contribution is 2.26. The van der Waals surface area contributed by atoms with Crippen LogP contribution in [0.2, 0.25) is 0 Å². The van der Waals surface area contributed by atoms with Gasteiger partial charge in [-0.3, -0.25) is 0 Å². The van der Waals surface area contributed by atoms with Crippen LogP contribution in [0.1, 0.15) is 0 Å². The number of hydrogen-bond donors (Lipinski definition) is 3. The molecule has 8 heteroatoms. The van der Waals surface area contributed by atoms with Gasteiger partial charge in [-0.25, -0.2) is 0 Å². The summed E-state index contributed by atoms with van der Waals surface area (Å²) in [7, 11) is 0. The van der Waals surface area contributed by atoms with Crippen LogP contribution in [0.25, 0.3) is 10.4 Å². The Kier molecular flexibility index (Phi) is 4.11. The topological polar surface area (TPSA) is 119 Å². The van der Waals surface area contributed by atoms with Crippen LogP contribution >= 0.6 is 15.9 Å². The number of alkyl halides is 1. The normalized spacial score (nSPS) is 43.0. The average molecular weight is 268 g/mol. The molecule has 0 spiro atoms. The summed E-state index contributed by atoms with van der Waals surface area (Å²) in [6.45, 7) is -0.413. The molecular weight excluding hydrogens is 258 g/mol. The zero-order valence-electron chi connectivity index (χ0n) is 7.06. The highest BCUT2D eigenvalue weighted by molar-refractivity contribution is 9.09. The number of rotatable bonds is 2. The van der Waals surface area contributed by atoms with Crippen LogP contribution < -0.4 is 0 Å². The van der Waals surface area contributed by atoms with E-state index in [-0.39, 0.29) is 0 Å². The molecule has 0 aliphatic carbocycles. The number of azide groups is 1. The number of nitrogens with zero attached hydrogens (tertiary/aromatic N) is 3. The Morgan fingerprint density at radius 1 is 1.43 bits per heavy atom. The van der Waals surface area contributed by atoms with Crippen molar-refractivity contribution in [3.8, 4) is 0 Å². The quantitative estimate of drug-likeness (QED) is 0.270. The van der Waals surface area contributed by atoms with Crippen LogP contribution in [0.3, 0.4) is 0 Å². The van der Waals surface area contributed by atoms with Crippen LogP contribution in [-0.2, 0) is 4.74 Å². The Hall–Kier alpha value is -0.370. The summed E-state index contributed by atoms with van der Waals surface area (Å²) in [5, 5.41) is 30.3. The molecule has 3 N–H and O–H groups in total. The van der Waals surface area contributed by atoms with Crippen molar-refractivity contribution in [1.82, 2.24) is 0 Å². The van der Waals surface area contributed by atoms with Gasteiger partial charge in [-0.2, -0.15) is 0 Å². The molecule has 0 aromatic heterocycles. The van der Waals surface area contributed by atoms with Crippen molar-refractivity contribution in [3.63, 3.8) is 0 Å². The summed E-state index contributed by atoms with van der Waals surface area (Å²) in [5.74, 6) is 0. The molecule has 80 valence electrons. The lowest BCUT2D eigenvalue weighted by Crippen LogP contribution is -2.55. The zero-order valence-corrected chi connectivity index (χ0v) is 8.65. The van der Waals surface area contributed by atoms with Gasteiger partial charge >= 0.3 is 0 Å². The largest absolute Gasteiger partial charge is 0.394 e. The van der Waals surface area contributed by atoms with Crippen LogP contribution in [0.4, 0.5) is 0 Å². The summed E-state index contributed by atoms with van der Waals surface area (Å²) in [5.41, 5.74) is 8.20. The van der Waals surface area contributed by atoms with E-state index in [9.17, 15) is 10.2 Å². The van der Waals surface area contributed by atoms with Crippen molar-refractivity contribution in [2.45, 2.75) is 29.4 Å². The summed E-state index contributed by atoms with van der Waals surface area (Å²) in [6.07, 6.45) is -3.38. The maximum Gasteiger partial charge on any atom is 0.124 e. The minimum absolute atomic E-state index is 0.413. The first kappa shape index (κ1) is 11.7. The highest BCUT2D eigenvalue weighted by atomic mass is 79.9. The van der Waals surface area contributed by atoms with E-state index in [4.69, 9.17) is 15.4 Å². The molecule has 1 rings (SSSR count). The van der Waals surface area contributed by atoms with Gasteiger partial charge in [0.1, 0.15) is 23.3 Å². The second-order valence-corrected chi connectivity index (χ2v) is 3.79. The van der Waals surface area contributed by atoms with E-state index in [0.29, 0.717) is 0 Å². The molecule has 5 atom stereocenters. The number of aliphatic hydroxyl groups excluding tert-OH is 3. The number of halogens is 1. The maximum atomic E-state index is 9.50. The first-order chi connectivity index (χ1) is 6.61. The Morgan fingerprint density at radius 2 is 2.07 bits per heavy atom. The van der Waals surface area contributed by atoms with Gasteiger partial charge in [0, 0.05) is 4.91 Å². The fourth-order valence-electron chi connectivity index (χ4n) is 1.24. The lowest BCUT2D eigenvalue weighted by Gasteiger charge is -2.38. The van der Waals surface area contributed by atoms with Crippen molar-refractivity contribution in [1.29, 1.82) is 0 Å². The average Bonchev–Trinajstić information content (AvgIpc) is 2.18. The van der Waals surface area contributed by atoms with E-state index in [0.717, 1.165) is 0 Å². The molecule has 1 unspecified atom stereocenters.